The summed E-state index contributed by atoms with van der Waals surface area (Å²) >= 11 is 3.37. The first-order valence-corrected chi connectivity index (χ1v) is 12.4. The minimum atomic E-state index is -3.80. The van der Waals surface area contributed by atoms with Gasteiger partial charge in [-0.15, -0.1) is 0 Å². The molecule has 7 nitrogen and oxygen atoms in total. The van der Waals surface area contributed by atoms with Crippen molar-refractivity contribution in [3.8, 4) is 0 Å². The number of furan rings is 1. The molecule has 0 unspecified atom stereocenters. The number of sulfonamides is 1. The molecule has 0 spiro atoms. The van der Waals surface area contributed by atoms with Gasteiger partial charge in [0.15, 0.2) is 5.76 Å². The van der Waals surface area contributed by atoms with Crippen LogP contribution in [0.3, 0.4) is 0 Å². The zero-order chi connectivity index (χ0) is 22.9. The molecule has 0 fully saturated rings. The number of carbonyl (C=O) groups is 1. The lowest BCUT2D eigenvalue weighted by molar-refractivity contribution is 0.0994. The second kappa shape index (κ2) is 8.91. The molecule has 2 N–H and O–H groups in total. The van der Waals surface area contributed by atoms with Gasteiger partial charge in [0.25, 0.3) is 15.9 Å². The number of hydrazone groups is 1. The lowest BCUT2D eigenvalue weighted by atomic mass is 9.93. The number of hydrogen-bond acceptors (Lipinski definition) is 5. The third kappa shape index (κ3) is 4.63. The predicted octanol–water partition coefficient (Wildman–Crippen LogP) is 4.93. The topological polar surface area (TPSA) is 101 Å². The van der Waals surface area contributed by atoms with E-state index in [0.717, 1.165) is 16.5 Å². The number of hydrogen-bond donors (Lipinski definition) is 2. The minimum Gasteiger partial charge on any atom is -0.455 e. The number of fused-ring (bicyclic) bond motifs is 1. The van der Waals surface area contributed by atoms with Gasteiger partial charge in [-0.2, -0.15) is 18.4 Å². The van der Waals surface area contributed by atoms with Crippen molar-refractivity contribution in [2.75, 3.05) is 5.32 Å². The van der Waals surface area contributed by atoms with Crippen LogP contribution in [0.1, 0.15) is 45.8 Å². The molecule has 9 heteroatoms. The number of nitrogens with zero attached hydrogens (tertiary/aromatic N) is 1. The Labute approximate surface area is 195 Å². The molecule has 2 aromatic carbocycles. The van der Waals surface area contributed by atoms with E-state index in [-0.39, 0.29) is 16.6 Å². The molecule has 0 saturated carbocycles. The van der Waals surface area contributed by atoms with Crippen LogP contribution in [-0.4, -0.2) is 20.0 Å². The number of benzene rings is 2. The Bertz CT molecular complexity index is 1290. The molecule has 1 aliphatic carbocycles. The van der Waals surface area contributed by atoms with Gasteiger partial charge in [-0.05, 0) is 63.1 Å². The highest BCUT2D eigenvalue weighted by atomic mass is 79.9. The van der Waals surface area contributed by atoms with Crippen molar-refractivity contribution < 1.29 is 17.6 Å². The monoisotopic (exact) mass is 515 g/mol. The second-order valence-electron chi connectivity index (χ2n) is 7.64. The minimum absolute atomic E-state index is 0.141. The van der Waals surface area contributed by atoms with Gasteiger partial charge >= 0.3 is 0 Å². The van der Waals surface area contributed by atoms with E-state index >= 15 is 0 Å². The molecule has 32 heavy (non-hydrogen) atoms. The second-order valence-corrected chi connectivity index (χ2v) is 10.2. The van der Waals surface area contributed by atoms with E-state index in [0.29, 0.717) is 41.1 Å². The molecule has 0 radical (unpaired) electrons. The number of amides is 1. The van der Waals surface area contributed by atoms with E-state index in [4.69, 9.17) is 4.42 Å². The van der Waals surface area contributed by atoms with Crippen LogP contribution in [0.15, 0.2) is 67.4 Å². The van der Waals surface area contributed by atoms with E-state index in [1.807, 2.05) is 19.1 Å². The van der Waals surface area contributed by atoms with E-state index < -0.39 is 10.0 Å². The summed E-state index contributed by atoms with van der Waals surface area (Å²) in [6.07, 6.45) is 1.99. The highest BCUT2D eigenvalue weighted by molar-refractivity contribution is 9.10. The molecule has 4 rings (SSSR count). The maximum Gasteiger partial charge on any atom is 0.291 e. The summed E-state index contributed by atoms with van der Waals surface area (Å²) in [5, 5.41) is 7.03. The zero-order valence-electron chi connectivity index (χ0n) is 17.6. The van der Waals surface area contributed by atoms with Gasteiger partial charge in [-0.1, -0.05) is 33.6 Å². The summed E-state index contributed by atoms with van der Waals surface area (Å²) < 4.78 is 32.0. The molecule has 1 aliphatic rings. The van der Waals surface area contributed by atoms with Gasteiger partial charge in [0.2, 0.25) is 0 Å². The molecule has 166 valence electrons. The molecule has 3 aromatic rings. The van der Waals surface area contributed by atoms with Gasteiger partial charge in [-0.25, -0.2) is 0 Å². The lowest BCUT2D eigenvalue weighted by Gasteiger charge is -2.14. The third-order valence-corrected chi connectivity index (χ3v) is 7.02. The van der Waals surface area contributed by atoms with Crippen LogP contribution in [0.2, 0.25) is 0 Å². The number of nitrogens with one attached hydrogen (secondary N) is 2. The first-order chi connectivity index (χ1) is 15.2. The first kappa shape index (κ1) is 22.3. The SMILES string of the molecule is Cc1ccc(S(=O)(=O)N/N=C2\CCCc3oc(C(=O)Nc4ccc(Br)cc4)c(C)c32)cc1. The molecular weight excluding hydrogens is 494 g/mol. The predicted molar refractivity (Wildman–Crippen MR) is 127 cm³/mol. The lowest BCUT2D eigenvalue weighted by Crippen LogP contribution is -2.22. The largest absolute Gasteiger partial charge is 0.455 e. The van der Waals surface area contributed by atoms with Crippen LogP contribution in [0.4, 0.5) is 5.69 Å². The van der Waals surface area contributed by atoms with Gasteiger partial charge in [0.05, 0.1) is 10.6 Å². The smallest absolute Gasteiger partial charge is 0.291 e. The van der Waals surface area contributed by atoms with E-state index in [1.165, 1.54) is 12.1 Å². The van der Waals surface area contributed by atoms with E-state index in [2.05, 4.69) is 31.2 Å². The van der Waals surface area contributed by atoms with Crippen LogP contribution in [-0.2, 0) is 16.4 Å². The molecule has 0 aliphatic heterocycles. The molecule has 1 heterocycles. The first-order valence-electron chi connectivity index (χ1n) is 10.1. The molecule has 0 bridgehead atoms. The van der Waals surface area contributed by atoms with Crippen molar-refractivity contribution in [3.05, 3.63) is 81.2 Å². The maximum atomic E-state index is 12.8. The summed E-state index contributed by atoms with van der Waals surface area (Å²) in [5.74, 6) is 0.482. The fraction of sp³-hybridized carbons (Fsp3) is 0.217. The van der Waals surface area contributed by atoms with Crippen molar-refractivity contribution in [1.29, 1.82) is 0 Å². The van der Waals surface area contributed by atoms with Crippen molar-refractivity contribution in [1.82, 2.24) is 4.83 Å². The fourth-order valence-electron chi connectivity index (χ4n) is 3.60. The zero-order valence-corrected chi connectivity index (χ0v) is 20.0. The highest BCUT2D eigenvalue weighted by Crippen LogP contribution is 2.30. The van der Waals surface area contributed by atoms with Crippen LogP contribution in [0, 0.1) is 13.8 Å². The number of halogens is 1. The summed E-state index contributed by atoms with van der Waals surface area (Å²) in [5.41, 5.74) is 3.51. The number of aryl methyl sites for hydroxylation is 2. The Balaban J connectivity index is 1.59. The van der Waals surface area contributed by atoms with Crippen molar-refractivity contribution >= 4 is 43.3 Å². The quantitative estimate of drug-likeness (QED) is 0.470. The number of carbonyl (C=O) groups excluding carboxylic acids is 1. The average Bonchev–Trinajstić information content (AvgIpc) is 3.11. The van der Waals surface area contributed by atoms with E-state index in [1.54, 1.807) is 31.2 Å². The Hall–Kier alpha value is -2.91. The molecular formula is C23H22BrN3O4S. The molecule has 1 amide bonds. The van der Waals surface area contributed by atoms with Crippen LogP contribution >= 0.6 is 15.9 Å². The van der Waals surface area contributed by atoms with E-state index in [9.17, 15) is 13.2 Å². The summed E-state index contributed by atoms with van der Waals surface area (Å²) in [4.78, 5) is 15.3. The summed E-state index contributed by atoms with van der Waals surface area (Å²) in [7, 11) is -3.80. The van der Waals surface area contributed by atoms with Crippen LogP contribution in [0.25, 0.3) is 0 Å². The summed E-state index contributed by atoms with van der Waals surface area (Å²) in [6.45, 7) is 3.67. The number of anilines is 1. The normalized spacial score (nSPS) is 14.8. The molecule has 1 aromatic heterocycles. The van der Waals surface area contributed by atoms with Crippen molar-refractivity contribution in [3.63, 3.8) is 0 Å². The van der Waals surface area contributed by atoms with Gasteiger partial charge in [0.1, 0.15) is 5.76 Å². The van der Waals surface area contributed by atoms with Crippen LogP contribution < -0.4 is 10.1 Å². The highest BCUT2D eigenvalue weighted by Gasteiger charge is 2.28. The maximum absolute atomic E-state index is 12.8. The Kier molecular flexibility index (Phi) is 6.21. The Morgan fingerprint density at radius 2 is 1.72 bits per heavy atom. The Morgan fingerprint density at radius 3 is 2.41 bits per heavy atom. The molecule has 0 saturated heterocycles. The summed E-state index contributed by atoms with van der Waals surface area (Å²) in [6, 6.07) is 13.8. The molecule has 0 atom stereocenters. The van der Waals surface area contributed by atoms with Crippen molar-refractivity contribution in [2.45, 2.75) is 38.0 Å². The average molecular weight is 516 g/mol. The standard InChI is InChI=1S/C23H22BrN3O4S/c1-14-6-12-18(13-7-14)32(29,30)27-26-19-4-3-5-20-21(19)15(2)22(31-20)23(28)25-17-10-8-16(24)9-11-17/h6-13,27H,3-5H2,1-2H3,(H,25,28)/b26-19+. The van der Waals surface area contributed by atoms with Crippen molar-refractivity contribution in [2.24, 2.45) is 5.10 Å². The van der Waals surface area contributed by atoms with Crippen LogP contribution in [0.5, 0.6) is 0 Å². The van der Waals surface area contributed by atoms with Gasteiger partial charge in [-0.3, -0.25) is 4.79 Å². The fourth-order valence-corrected chi connectivity index (χ4v) is 4.70. The Morgan fingerprint density at radius 1 is 1.03 bits per heavy atom. The third-order valence-electron chi connectivity index (χ3n) is 5.27. The number of rotatable bonds is 5. The van der Waals surface area contributed by atoms with Gasteiger partial charge in [0, 0.05) is 27.7 Å². The van der Waals surface area contributed by atoms with Gasteiger partial charge < -0.3 is 9.73 Å².